The van der Waals surface area contributed by atoms with Gasteiger partial charge in [-0.1, -0.05) is 0 Å². The molecule has 126 valence electrons. The Morgan fingerprint density at radius 2 is 1.54 bits per heavy atom. The summed E-state index contributed by atoms with van der Waals surface area (Å²) in [6, 6.07) is 20.4. The van der Waals surface area contributed by atoms with E-state index in [1.54, 1.807) is 0 Å². The van der Waals surface area contributed by atoms with E-state index in [1.165, 1.54) is 11.1 Å². The fourth-order valence-corrected chi connectivity index (χ4v) is 6.39. The first kappa shape index (κ1) is 17.1. The summed E-state index contributed by atoms with van der Waals surface area (Å²) in [7, 11) is -2.72. The molecule has 0 aliphatic heterocycles. The Morgan fingerprint density at radius 3 is 2.04 bits per heavy atom. The molecule has 0 saturated heterocycles. The molecule has 1 N–H and O–H groups in total. The zero-order valence-electron chi connectivity index (χ0n) is 14.4. The number of allylic oxidation sites excluding steroid dienone is 3. The number of hydrogen-bond acceptors (Lipinski definition) is 1. The van der Waals surface area contributed by atoms with Gasteiger partial charge in [-0.25, -0.2) is 0 Å². The maximum absolute atomic E-state index is 11.7. The second-order valence-corrected chi connectivity index (χ2v) is 10.2. The fourth-order valence-electron chi connectivity index (χ4n) is 3.51. The predicted molar refractivity (Wildman–Crippen MR) is 108 cm³/mol. The third-order valence-electron chi connectivity index (χ3n) is 5.22. The molecule has 24 heavy (non-hydrogen) atoms. The van der Waals surface area contributed by atoms with Crippen molar-refractivity contribution in [1.82, 2.24) is 0 Å². The molecule has 0 heterocycles. The van der Waals surface area contributed by atoms with Crippen LogP contribution in [0.2, 0.25) is 0 Å². The molecule has 2 aromatic carbocycles. The van der Waals surface area contributed by atoms with E-state index in [1.807, 2.05) is 36.4 Å². The van der Waals surface area contributed by atoms with Crippen molar-refractivity contribution in [2.45, 2.75) is 26.2 Å². The van der Waals surface area contributed by atoms with Gasteiger partial charge in [0, 0.05) is 0 Å². The summed E-state index contributed by atoms with van der Waals surface area (Å²) >= 11 is 0. The Morgan fingerprint density at radius 1 is 1.00 bits per heavy atom. The average molecular weight is 338 g/mol. The first-order chi connectivity index (χ1) is 11.6. The van der Waals surface area contributed by atoms with Crippen LogP contribution >= 0.6 is 7.49 Å². The SMILES string of the molecule is C=C1CC/C(=C\C[PH](O)(c2ccccc2)c2ccccc2)C[C@H]1C. The molecule has 1 saturated carbocycles. The third-order valence-corrected chi connectivity index (χ3v) is 8.59. The molecule has 0 spiro atoms. The van der Waals surface area contributed by atoms with E-state index in [0.29, 0.717) is 5.92 Å². The molecular formula is C22H27OP. The minimum absolute atomic E-state index is 0.563. The van der Waals surface area contributed by atoms with Crippen molar-refractivity contribution in [2.24, 2.45) is 5.92 Å². The molecular weight excluding hydrogens is 311 g/mol. The second-order valence-electron chi connectivity index (χ2n) is 6.92. The van der Waals surface area contributed by atoms with Gasteiger partial charge in [-0.15, -0.1) is 0 Å². The Labute approximate surface area is 146 Å². The van der Waals surface area contributed by atoms with Gasteiger partial charge in [0.15, 0.2) is 0 Å². The molecule has 0 unspecified atom stereocenters. The van der Waals surface area contributed by atoms with Crippen LogP contribution in [0.1, 0.15) is 26.2 Å². The van der Waals surface area contributed by atoms with Crippen molar-refractivity contribution in [3.05, 3.63) is 84.5 Å². The quantitative estimate of drug-likeness (QED) is 0.638. The van der Waals surface area contributed by atoms with Gasteiger partial charge < -0.3 is 0 Å². The van der Waals surface area contributed by atoms with Crippen molar-refractivity contribution < 1.29 is 4.89 Å². The zero-order chi connectivity index (χ0) is 17.0. The topological polar surface area (TPSA) is 20.2 Å². The van der Waals surface area contributed by atoms with E-state index in [-0.39, 0.29) is 0 Å². The second kappa shape index (κ2) is 7.47. The number of hydrogen-bond donors (Lipinski definition) is 1. The zero-order valence-corrected chi connectivity index (χ0v) is 15.4. The van der Waals surface area contributed by atoms with Crippen molar-refractivity contribution in [2.75, 3.05) is 6.16 Å². The van der Waals surface area contributed by atoms with Crippen LogP contribution in [-0.2, 0) is 0 Å². The Bertz CT molecular complexity index is 679. The van der Waals surface area contributed by atoms with Crippen LogP contribution in [-0.4, -0.2) is 11.1 Å². The van der Waals surface area contributed by atoms with Crippen molar-refractivity contribution in [3.63, 3.8) is 0 Å². The fraction of sp³-hybridized carbons (Fsp3) is 0.273. The van der Waals surface area contributed by atoms with Gasteiger partial charge in [0.2, 0.25) is 0 Å². The Balaban J connectivity index is 1.91. The van der Waals surface area contributed by atoms with Gasteiger partial charge in [0.05, 0.1) is 0 Å². The van der Waals surface area contributed by atoms with Crippen LogP contribution in [0.25, 0.3) is 0 Å². The molecule has 1 atom stereocenters. The summed E-state index contributed by atoms with van der Waals surface area (Å²) in [6.45, 7) is 6.42. The molecule has 0 bridgehead atoms. The molecule has 0 aromatic heterocycles. The Hall–Kier alpha value is -1.69. The molecule has 1 aliphatic carbocycles. The summed E-state index contributed by atoms with van der Waals surface area (Å²) in [5.41, 5.74) is 2.85. The van der Waals surface area contributed by atoms with E-state index in [4.69, 9.17) is 0 Å². The van der Waals surface area contributed by atoms with E-state index in [9.17, 15) is 4.89 Å². The summed E-state index contributed by atoms with van der Waals surface area (Å²) in [4.78, 5) is 11.7. The third kappa shape index (κ3) is 3.69. The first-order valence-corrected chi connectivity index (χ1v) is 10.9. The van der Waals surface area contributed by atoms with E-state index in [2.05, 4.69) is 43.8 Å². The van der Waals surface area contributed by atoms with Crippen LogP contribution in [0.3, 0.4) is 0 Å². The summed E-state index contributed by atoms with van der Waals surface area (Å²) in [5, 5.41) is 2.17. The first-order valence-electron chi connectivity index (χ1n) is 8.78. The van der Waals surface area contributed by atoms with Crippen molar-refractivity contribution in [1.29, 1.82) is 0 Å². The van der Waals surface area contributed by atoms with Crippen LogP contribution < -0.4 is 10.6 Å². The maximum atomic E-state index is 11.7. The van der Waals surface area contributed by atoms with E-state index < -0.39 is 7.49 Å². The standard InChI is InChI=1S/C22H27OP/c1-18-13-14-20(17-19(18)2)15-16-24(23,21-9-5-3-6-10-21)22-11-7-4-8-12-22/h3-12,15,19,23-24H,1,13-14,16-17H2,2H3/b20-15+/t19-/m1/s1. The van der Waals surface area contributed by atoms with Gasteiger partial charge in [-0.05, 0) is 0 Å². The molecule has 1 aliphatic rings. The average Bonchev–Trinajstić information content (AvgIpc) is 2.64. The number of benzene rings is 2. The molecule has 2 heteroatoms. The summed E-state index contributed by atoms with van der Waals surface area (Å²) < 4.78 is 0. The van der Waals surface area contributed by atoms with Gasteiger partial charge >= 0.3 is 146 Å². The Kier molecular flexibility index (Phi) is 5.33. The van der Waals surface area contributed by atoms with Crippen molar-refractivity contribution in [3.8, 4) is 0 Å². The van der Waals surface area contributed by atoms with Gasteiger partial charge in [-0.2, -0.15) is 0 Å². The molecule has 1 nitrogen and oxygen atoms in total. The molecule has 1 fully saturated rings. The van der Waals surface area contributed by atoms with E-state index in [0.717, 1.165) is 36.0 Å². The van der Waals surface area contributed by atoms with Gasteiger partial charge in [-0.3, -0.25) is 0 Å². The molecule has 2 aromatic rings. The minimum atomic E-state index is -2.72. The normalized spacial score (nSPS) is 21.0. The van der Waals surface area contributed by atoms with Gasteiger partial charge in [0.25, 0.3) is 0 Å². The van der Waals surface area contributed by atoms with E-state index >= 15 is 0 Å². The van der Waals surface area contributed by atoms with Crippen LogP contribution in [0.15, 0.2) is 84.5 Å². The van der Waals surface area contributed by atoms with Crippen molar-refractivity contribution >= 4 is 18.1 Å². The predicted octanol–water partition coefficient (Wildman–Crippen LogP) is 4.60. The summed E-state index contributed by atoms with van der Waals surface area (Å²) in [5.74, 6) is 0.563. The van der Waals surface area contributed by atoms with Crippen LogP contribution in [0, 0.1) is 5.92 Å². The van der Waals surface area contributed by atoms with Gasteiger partial charge in [0.1, 0.15) is 0 Å². The van der Waals surface area contributed by atoms with Crippen LogP contribution in [0.5, 0.6) is 0 Å². The monoisotopic (exact) mass is 338 g/mol. The summed E-state index contributed by atoms with van der Waals surface area (Å²) in [6.07, 6.45) is 6.33. The molecule has 3 rings (SSSR count). The molecule has 0 amide bonds. The molecule has 0 radical (unpaired) electrons. The number of rotatable bonds is 4. The van der Waals surface area contributed by atoms with Crippen LogP contribution in [0.4, 0.5) is 0 Å².